The minimum Gasteiger partial charge on any atom is -0.0996 e. The van der Waals surface area contributed by atoms with E-state index in [1.807, 2.05) is 0 Å². The average Bonchev–Trinajstić information content (AvgIpc) is 3.63. The van der Waals surface area contributed by atoms with Gasteiger partial charge in [-0.15, -0.1) is 0 Å². The van der Waals surface area contributed by atoms with Crippen molar-refractivity contribution in [3.63, 3.8) is 0 Å². The molecule has 6 atom stereocenters. The normalized spacial score (nSPS) is 38.6. The van der Waals surface area contributed by atoms with Gasteiger partial charge in [-0.3, -0.25) is 0 Å². The Morgan fingerprint density at radius 2 is 1.51 bits per heavy atom. The third-order valence-electron chi connectivity index (χ3n) is 12.5. The maximum Gasteiger partial charge on any atom is -0.0149 e. The zero-order valence-corrected chi connectivity index (χ0v) is 24.4. The summed E-state index contributed by atoms with van der Waals surface area (Å²) in [6.45, 7) is 9.91. The molecule has 0 spiro atoms. The first-order chi connectivity index (χ1) is 18.0. The zero-order chi connectivity index (χ0) is 25.4. The quantitative estimate of drug-likeness (QED) is 0.327. The van der Waals surface area contributed by atoms with Crippen molar-refractivity contribution < 1.29 is 0 Å². The van der Waals surface area contributed by atoms with Crippen LogP contribution in [0.15, 0.2) is 30.4 Å². The third kappa shape index (κ3) is 5.79. The lowest BCUT2D eigenvalue weighted by molar-refractivity contribution is 0.174. The molecular weight excluding hydrogens is 444 g/mol. The van der Waals surface area contributed by atoms with Crippen molar-refractivity contribution in [2.45, 2.75) is 129 Å². The number of hydrogen-bond acceptors (Lipinski definition) is 0. The van der Waals surface area contributed by atoms with Crippen molar-refractivity contribution in [1.29, 1.82) is 0 Å². The molecule has 6 rings (SSSR count). The highest BCUT2D eigenvalue weighted by molar-refractivity contribution is 5.37. The molecule has 5 aliphatic rings. The van der Waals surface area contributed by atoms with Gasteiger partial charge in [0.05, 0.1) is 0 Å². The van der Waals surface area contributed by atoms with Crippen LogP contribution in [0.2, 0.25) is 0 Å². The highest BCUT2D eigenvalue weighted by atomic mass is 14.5. The second-order valence-electron chi connectivity index (χ2n) is 15.0. The molecule has 0 heterocycles. The van der Waals surface area contributed by atoms with Gasteiger partial charge in [0.15, 0.2) is 0 Å². The van der Waals surface area contributed by atoms with Crippen LogP contribution >= 0.6 is 0 Å². The lowest BCUT2D eigenvalue weighted by atomic mass is 9.68. The summed E-state index contributed by atoms with van der Waals surface area (Å²) in [5, 5.41) is 0. The predicted octanol–water partition coefficient (Wildman–Crippen LogP) is 10.4. The van der Waals surface area contributed by atoms with Crippen molar-refractivity contribution in [3.05, 3.63) is 47.0 Å². The van der Waals surface area contributed by atoms with Gasteiger partial charge in [0.1, 0.15) is 0 Å². The van der Waals surface area contributed by atoms with Crippen molar-refractivity contribution in [3.8, 4) is 0 Å². The molecule has 0 amide bonds. The molecule has 0 heteroatoms. The van der Waals surface area contributed by atoms with Crippen molar-refractivity contribution in [2.24, 2.45) is 53.3 Å². The van der Waals surface area contributed by atoms with Gasteiger partial charge in [-0.25, -0.2) is 0 Å². The second-order valence-corrected chi connectivity index (χ2v) is 15.0. The number of benzene rings is 1. The van der Waals surface area contributed by atoms with Gasteiger partial charge in [0.2, 0.25) is 0 Å². The minimum absolute atomic E-state index is 0.822. The van der Waals surface area contributed by atoms with Gasteiger partial charge in [-0.05, 0) is 134 Å². The zero-order valence-electron chi connectivity index (χ0n) is 24.4. The molecule has 1 aromatic carbocycles. The summed E-state index contributed by atoms with van der Waals surface area (Å²) < 4.78 is 0. The molecule has 0 bridgehead atoms. The van der Waals surface area contributed by atoms with E-state index in [2.05, 4.69) is 32.0 Å². The van der Waals surface area contributed by atoms with E-state index in [-0.39, 0.29) is 0 Å². The number of rotatable bonds is 7. The van der Waals surface area contributed by atoms with Crippen LogP contribution in [-0.2, 0) is 19.3 Å². The fourth-order valence-electron chi connectivity index (χ4n) is 10.5. The first-order valence-electron chi connectivity index (χ1n) is 16.8. The van der Waals surface area contributed by atoms with E-state index in [9.17, 15) is 0 Å². The lowest BCUT2D eigenvalue weighted by Gasteiger charge is -2.37. The molecule has 0 nitrogen and oxygen atoms in total. The maximum atomic E-state index is 4.88. The highest BCUT2D eigenvalue weighted by Gasteiger charge is 2.42. The monoisotopic (exact) mass is 500 g/mol. The lowest BCUT2D eigenvalue weighted by Crippen LogP contribution is -2.28. The van der Waals surface area contributed by atoms with Crippen LogP contribution < -0.4 is 0 Å². The SMILES string of the molecule is C=C(CC1CCCC1C1Cc2ccc(CC3CCCCC3)cc2C1)C1C(C)CCC1C1CCC(C)CC1. The number of allylic oxidation sites excluding steroid dienone is 1. The van der Waals surface area contributed by atoms with Crippen LogP contribution in [0.3, 0.4) is 0 Å². The molecule has 4 fully saturated rings. The first-order valence-corrected chi connectivity index (χ1v) is 16.8. The Bertz CT molecular complexity index is 910. The molecule has 37 heavy (non-hydrogen) atoms. The Kier molecular flexibility index (Phi) is 8.21. The van der Waals surface area contributed by atoms with Gasteiger partial charge in [0.25, 0.3) is 0 Å². The van der Waals surface area contributed by atoms with Crippen LogP contribution in [0, 0.1) is 53.3 Å². The van der Waals surface area contributed by atoms with E-state index in [1.54, 1.807) is 22.3 Å². The second kappa shape index (κ2) is 11.6. The van der Waals surface area contributed by atoms with Crippen LogP contribution in [0.25, 0.3) is 0 Å². The Morgan fingerprint density at radius 1 is 0.730 bits per heavy atom. The fraction of sp³-hybridized carbons (Fsp3) is 0.784. The molecule has 0 saturated heterocycles. The fourth-order valence-corrected chi connectivity index (χ4v) is 10.5. The number of hydrogen-bond donors (Lipinski definition) is 0. The molecule has 1 aromatic rings. The van der Waals surface area contributed by atoms with Crippen LogP contribution in [-0.4, -0.2) is 0 Å². The summed E-state index contributed by atoms with van der Waals surface area (Å²) in [6, 6.07) is 7.67. The smallest absolute Gasteiger partial charge is 0.0149 e. The van der Waals surface area contributed by atoms with E-state index in [0.29, 0.717) is 0 Å². The Balaban J connectivity index is 1.07. The van der Waals surface area contributed by atoms with Crippen LogP contribution in [0.5, 0.6) is 0 Å². The summed E-state index contributed by atoms with van der Waals surface area (Å²) in [7, 11) is 0. The maximum absolute atomic E-state index is 4.88. The molecule has 0 aromatic heterocycles. The van der Waals surface area contributed by atoms with Gasteiger partial charge in [0, 0.05) is 0 Å². The first kappa shape index (κ1) is 26.2. The van der Waals surface area contributed by atoms with E-state index in [4.69, 9.17) is 6.58 Å². The molecular formula is C37H56. The molecule has 204 valence electrons. The minimum atomic E-state index is 0.822. The van der Waals surface area contributed by atoms with E-state index >= 15 is 0 Å². The van der Waals surface area contributed by atoms with E-state index in [1.165, 1.54) is 116 Å². The summed E-state index contributed by atoms with van der Waals surface area (Å²) in [5.41, 5.74) is 6.73. The van der Waals surface area contributed by atoms with E-state index < -0.39 is 0 Å². The van der Waals surface area contributed by atoms with Crippen molar-refractivity contribution >= 4 is 0 Å². The molecule has 0 N–H and O–H groups in total. The Morgan fingerprint density at radius 3 is 2.32 bits per heavy atom. The molecule has 0 radical (unpaired) electrons. The topological polar surface area (TPSA) is 0 Å². The molecule has 6 unspecified atom stereocenters. The number of fused-ring (bicyclic) bond motifs is 1. The standard InChI is InChI=1S/C37H56/c1-25-12-16-30(17-13-25)36-19-14-26(2)37(36)27(3)20-32-10-7-11-35(32)34-23-31-18-15-29(22-33(31)24-34)21-28-8-5-4-6-9-28/h15,18,22,25-26,28,30,32,34-37H,3-14,16-17,19-21,23-24H2,1-2H3. The van der Waals surface area contributed by atoms with E-state index in [0.717, 1.165) is 53.3 Å². The van der Waals surface area contributed by atoms with Gasteiger partial charge >= 0.3 is 0 Å². The highest BCUT2D eigenvalue weighted by Crippen LogP contribution is 2.52. The van der Waals surface area contributed by atoms with Crippen molar-refractivity contribution in [2.75, 3.05) is 0 Å². The Labute approximate surface area is 229 Å². The average molecular weight is 501 g/mol. The largest absolute Gasteiger partial charge is 0.0996 e. The summed E-state index contributed by atoms with van der Waals surface area (Å²) in [6.07, 6.45) is 26.0. The summed E-state index contributed by atoms with van der Waals surface area (Å²) >= 11 is 0. The van der Waals surface area contributed by atoms with Gasteiger partial charge in [-0.2, -0.15) is 0 Å². The van der Waals surface area contributed by atoms with Crippen LogP contribution in [0.1, 0.15) is 127 Å². The van der Waals surface area contributed by atoms with Gasteiger partial charge in [-0.1, -0.05) is 95.6 Å². The van der Waals surface area contributed by atoms with Crippen molar-refractivity contribution in [1.82, 2.24) is 0 Å². The van der Waals surface area contributed by atoms with Gasteiger partial charge < -0.3 is 0 Å². The molecule has 5 aliphatic carbocycles. The third-order valence-corrected chi connectivity index (χ3v) is 12.5. The molecule has 4 saturated carbocycles. The molecule has 0 aliphatic heterocycles. The predicted molar refractivity (Wildman–Crippen MR) is 159 cm³/mol. The summed E-state index contributed by atoms with van der Waals surface area (Å²) in [4.78, 5) is 0. The Hall–Kier alpha value is -1.04. The summed E-state index contributed by atoms with van der Waals surface area (Å²) in [5.74, 6) is 8.31. The van der Waals surface area contributed by atoms with Crippen LogP contribution in [0.4, 0.5) is 0 Å².